The number of benzene rings is 1. The van der Waals surface area contributed by atoms with Crippen molar-refractivity contribution >= 4 is 23.4 Å². The van der Waals surface area contributed by atoms with E-state index in [2.05, 4.69) is 0 Å². The summed E-state index contributed by atoms with van der Waals surface area (Å²) in [6, 6.07) is 6.87. The van der Waals surface area contributed by atoms with Gasteiger partial charge in [-0.15, -0.1) is 0 Å². The van der Waals surface area contributed by atoms with E-state index < -0.39 is 5.97 Å². The third-order valence-corrected chi connectivity index (χ3v) is 4.36. The predicted octanol–water partition coefficient (Wildman–Crippen LogP) is 4.34. The van der Waals surface area contributed by atoms with Crippen LogP contribution in [0, 0.1) is 5.41 Å². The van der Waals surface area contributed by atoms with E-state index >= 15 is 0 Å². The van der Waals surface area contributed by atoms with E-state index in [4.69, 9.17) is 16.7 Å². The molecule has 1 aliphatic carbocycles. The molecule has 1 fully saturated rings. The Morgan fingerprint density at radius 3 is 2.45 bits per heavy atom. The highest BCUT2D eigenvalue weighted by Gasteiger charge is 2.36. The average Bonchev–Trinajstić information content (AvgIpc) is 2.38. The van der Waals surface area contributed by atoms with Gasteiger partial charge in [0.2, 0.25) is 0 Å². The number of aliphatic carboxylic acids is 1. The van der Waals surface area contributed by atoms with Gasteiger partial charge in [-0.25, -0.2) is 0 Å². The number of halogens is 1. The molecule has 4 heteroatoms. The van der Waals surface area contributed by atoms with Crippen LogP contribution in [-0.2, 0) is 4.79 Å². The first-order valence-corrected chi connectivity index (χ1v) is 7.39. The molecule has 20 heavy (non-hydrogen) atoms. The maximum atomic E-state index is 12.4. The van der Waals surface area contributed by atoms with Crippen molar-refractivity contribution in [2.75, 3.05) is 0 Å². The first-order valence-electron chi connectivity index (χ1n) is 7.01. The maximum absolute atomic E-state index is 12.4. The maximum Gasteiger partial charge on any atom is 0.303 e. The van der Waals surface area contributed by atoms with Crippen LogP contribution in [0.5, 0.6) is 0 Å². The first-order chi connectivity index (χ1) is 9.51. The van der Waals surface area contributed by atoms with Gasteiger partial charge in [0.1, 0.15) is 0 Å². The van der Waals surface area contributed by atoms with Crippen molar-refractivity contribution in [2.24, 2.45) is 5.41 Å². The molecule has 0 spiro atoms. The van der Waals surface area contributed by atoms with Crippen LogP contribution < -0.4 is 0 Å². The molecule has 1 aliphatic rings. The van der Waals surface area contributed by atoms with Crippen LogP contribution in [0.1, 0.15) is 55.3 Å². The molecular formula is C16H19ClO3. The van der Waals surface area contributed by atoms with Crippen molar-refractivity contribution in [3.63, 3.8) is 0 Å². The highest BCUT2D eigenvalue weighted by Crippen LogP contribution is 2.43. The van der Waals surface area contributed by atoms with Crippen molar-refractivity contribution in [2.45, 2.75) is 44.9 Å². The quantitative estimate of drug-likeness (QED) is 0.822. The molecule has 2 rings (SSSR count). The van der Waals surface area contributed by atoms with E-state index in [1.54, 1.807) is 24.3 Å². The molecule has 0 amide bonds. The fourth-order valence-corrected chi connectivity index (χ4v) is 3.33. The molecule has 0 radical (unpaired) electrons. The van der Waals surface area contributed by atoms with E-state index in [1.807, 2.05) is 0 Å². The highest BCUT2D eigenvalue weighted by atomic mass is 35.5. The number of hydrogen-bond donors (Lipinski definition) is 1. The summed E-state index contributed by atoms with van der Waals surface area (Å²) in [6.07, 6.45) is 5.19. The smallest absolute Gasteiger partial charge is 0.303 e. The monoisotopic (exact) mass is 294 g/mol. The summed E-state index contributed by atoms with van der Waals surface area (Å²) >= 11 is 5.90. The topological polar surface area (TPSA) is 54.4 Å². The van der Waals surface area contributed by atoms with E-state index in [-0.39, 0.29) is 17.6 Å². The molecule has 0 atom stereocenters. The minimum Gasteiger partial charge on any atom is -0.481 e. The minimum atomic E-state index is -0.814. The van der Waals surface area contributed by atoms with Gasteiger partial charge in [-0.1, -0.05) is 43.0 Å². The molecule has 1 N–H and O–H groups in total. The molecule has 1 saturated carbocycles. The Labute approximate surface area is 123 Å². The number of carboxylic acids is 1. The van der Waals surface area contributed by atoms with E-state index in [9.17, 15) is 9.59 Å². The second kappa shape index (κ2) is 6.40. The van der Waals surface area contributed by atoms with Crippen LogP contribution in [-0.4, -0.2) is 16.9 Å². The van der Waals surface area contributed by atoms with Crippen molar-refractivity contribution in [1.82, 2.24) is 0 Å². The Kier molecular flexibility index (Phi) is 4.81. The number of carbonyl (C=O) groups is 2. The van der Waals surface area contributed by atoms with Gasteiger partial charge in [-0.05, 0) is 30.4 Å². The van der Waals surface area contributed by atoms with Gasteiger partial charge in [0.05, 0.1) is 6.42 Å². The van der Waals surface area contributed by atoms with Crippen LogP contribution in [0.2, 0.25) is 5.02 Å². The Bertz CT molecular complexity index is 504. The first kappa shape index (κ1) is 15.0. The lowest BCUT2D eigenvalue weighted by molar-refractivity contribution is -0.140. The SMILES string of the molecule is O=C(O)CC1(CC(=O)c2cccc(Cl)c2)CCCCC1. The summed E-state index contributed by atoms with van der Waals surface area (Å²) in [5.41, 5.74) is 0.205. The van der Waals surface area contributed by atoms with Crippen LogP contribution in [0.15, 0.2) is 24.3 Å². The molecule has 1 aromatic rings. The molecule has 108 valence electrons. The number of rotatable bonds is 5. The molecule has 1 aromatic carbocycles. The van der Waals surface area contributed by atoms with Crippen molar-refractivity contribution in [3.05, 3.63) is 34.9 Å². The number of carbonyl (C=O) groups excluding carboxylic acids is 1. The van der Waals surface area contributed by atoms with Crippen molar-refractivity contribution in [1.29, 1.82) is 0 Å². The molecule has 3 nitrogen and oxygen atoms in total. The average molecular weight is 295 g/mol. The van der Waals surface area contributed by atoms with Crippen LogP contribution in [0.25, 0.3) is 0 Å². The lowest BCUT2D eigenvalue weighted by Gasteiger charge is -2.35. The van der Waals surface area contributed by atoms with E-state index in [0.29, 0.717) is 17.0 Å². The largest absolute Gasteiger partial charge is 0.481 e. The number of Topliss-reactive ketones (excluding diaryl/α,β-unsaturated/α-hetero) is 1. The van der Waals surface area contributed by atoms with Crippen molar-refractivity contribution < 1.29 is 14.7 Å². The van der Waals surface area contributed by atoms with E-state index in [0.717, 1.165) is 32.1 Å². The fraction of sp³-hybridized carbons (Fsp3) is 0.500. The second-order valence-corrected chi connectivity index (χ2v) is 6.18. The molecule has 0 bridgehead atoms. The number of carboxylic acid groups (broad SMARTS) is 1. The zero-order valence-electron chi connectivity index (χ0n) is 11.4. The van der Waals surface area contributed by atoms with Gasteiger partial charge < -0.3 is 5.11 Å². The zero-order valence-corrected chi connectivity index (χ0v) is 12.2. The minimum absolute atomic E-state index is 0.00403. The predicted molar refractivity (Wildman–Crippen MR) is 78.2 cm³/mol. The molecule has 0 aromatic heterocycles. The molecule has 0 aliphatic heterocycles. The fourth-order valence-electron chi connectivity index (χ4n) is 3.14. The second-order valence-electron chi connectivity index (χ2n) is 5.74. The third kappa shape index (κ3) is 3.83. The number of hydrogen-bond acceptors (Lipinski definition) is 2. The van der Waals surface area contributed by atoms with Crippen LogP contribution in [0.4, 0.5) is 0 Å². The van der Waals surface area contributed by atoms with Gasteiger partial charge in [0.15, 0.2) is 5.78 Å². The third-order valence-electron chi connectivity index (χ3n) is 4.12. The van der Waals surface area contributed by atoms with Gasteiger partial charge in [-0.3, -0.25) is 9.59 Å². The summed E-state index contributed by atoms with van der Waals surface area (Å²) in [4.78, 5) is 23.5. The van der Waals surface area contributed by atoms with Gasteiger partial charge >= 0.3 is 5.97 Å². The summed E-state index contributed by atoms with van der Waals surface area (Å²) in [7, 11) is 0. The lowest BCUT2D eigenvalue weighted by Crippen LogP contribution is -2.30. The van der Waals surface area contributed by atoms with Gasteiger partial charge in [0.25, 0.3) is 0 Å². The molecule has 0 unspecified atom stereocenters. The van der Waals surface area contributed by atoms with E-state index in [1.165, 1.54) is 0 Å². The van der Waals surface area contributed by atoms with Crippen LogP contribution in [0.3, 0.4) is 0 Å². The Balaban J connectivity index is 2.15. The standard InChI is InChI=1S/C16H19ClO3/c17-13-6-4-5-12(9-13)14(18)10-16(11-15(19)20)7-2-1-3-8-16/h4-6,9H,1-3,7-8,10-11H2,(H,19,20). The lowest BCUT2D eigenvalue weighted by atomic mass is 9.68. The van der Waals surface area contributed by atoms with Crippen LogP contribution >= 0.6 is 11.6 Å². The Morgan fingerprint density at radius 2 is 1.85 bits per heavy atom. The molecule has 0 saturated heterocycles. The summed E-state index contributed by atoms with van der Waals surface area (Å²) in [6.45, 7) is 0. The summed E-state index contributed by atoms with van der Waals surface area (Å²) in [5, 5.41) is 9.66. The Morgan fingerprint density at radius 1 is 1.15 bits per heavy atom. The zero-order chi connectivity index (χ0) is 14.6. The van der Waals surface area contributed by atoms with Gasteiger partial charge in [0, 0.05) is 17.0 Å². The highest BCUT2D eigenvalue weighted by molar-refractivity contribution is 6.31. The Hall–Kier alpha value is -1.35. The number of ketones is 1. The van der Waals surface area contributed by atoms with Crippen molar-refractivity contribution in [3.8, 4) is 0 Å². The van der Waals surface area contributed by atoms with Gasteiger partial charge in [-0.2, -0.15) is 0 Å². The normalized spacial score (nSPS) is 17.6. The summed E-state index contributed by atoms with van der Waals surface area (Å²) in [5.74, 6) is -0.818. The summed E-state index contributed by atoms with van der Waals surface area (Å²) < 4.78 is 0. The molecule has 0 heterocycles. The molecular weight excluding hydrogens is 276 g/mol.